The van der Waals surface area contributed by atoms with Crippen molar-refractivity contribution in [2.75, 3.05) is 19.8 Å². The van der Waals surface area contributed by atoms with Gasteiger partial charge in [-0.25, -0.2) is 0 Å². The first kappa shape index (κ1) is 17.4. The summed E-state index contributed by atoms with van der Waals surface area (Å²) in [5.74, 6) is -0.257. The van der Waals surface area contributed by atoms with E-state index in [-0.39, 0.29) is 18.2 Å². The molecule has 1 atom stereocenters. The van der Waals surface area contributed by atoms with Crippen LogP contribution in [0.1, 0.15) is 42.1 Å². The molecule has 0 radical (unpaired) electrons. The van der Waals surface area contributed by atoms with Crippen molar-refractivity contribution >= 4 is 17.7 Å². The third-order valence-corrected chi connectivity index (χ3v) is 4.37. The molecule has 2 aliphatic heterocycles. The predicted octanol–water partition coefficient (Wildman–Crippen LogP) is 1.25. The predicted molar refractivity (Wildman–Crippen MR) is 89.1 cm³/mol. The molecule has 2 heterocycles. The van der Waals surface area contributed by atoms with Crippen LogP contribution in [0, 0.1) is 0 Å². The summed E-state index contributed by atoms with van der Waals surface area (Å²) in [6.07, 6.45) is 1.55. The molecule has 0 saturated carbocycles. The normalized spacial score (nSPS) is 19.8. The van der Waals surface area contributed by atoms with Crippen molar-refractivity contribution in [3.05, 3.63) is 29.3 Å². The fourth-order valence-electron chi connectivity index (χ4n) is 3.15. The van der Waals surface area contributed by atoms with Crippen molar-refractivity contribution in [2.24, 2.45) is 0 Å². The fourth-order valence-corrected chi connectivity index (χ4v) is 3.15. The highest BCUT2D eigenvalue weighted by Gasteiger charge is 2.40. The van der Waals surface area contributed by atoms with Crippen LogP contribution in [0.2, 0.25) is 0 Å². The maximum atomic E-state index is 12.7. The van der Waals surface area contributed by atoms with Crippen LogP contribution in [0.5, 0.6) is 5.75 Å². The minimum Gasteiger partial charge on any atom is -0.491 e. The molecule has 1 N–H and O–H groups in total. The maximum Gasteiger partial charge on any atom is 0.255 e. The van der Waals surface area contributed by atoms with Gasteiger partial charge in [0.05, 0.1) is 13.2 Å². The van der Waals surface area contributed by atoms with Crippen LogP contribution in [0.15, 0.2) is 18.2 Å². The summed E-state index contributed by atoms with van der Waals surface area (Å²) >= 11 is 0. The smallest absolute Gasteiger partial charge is 0.255 e. The highest BCUT2D eigenvalue weighted by atomic mass is 16.5. The number of imide groups is 1. The quantitative estimate of drug-likeness (QED) is 0.593. The summed E-state index contributed by atoms with van der Waals surface area (Å²) in [6.45, 7) is 3.94. The van der Waals surface area contributed by atoms with Crippen molar-refractivity contribution in [2.45, 2.75) is 38.8 Å². The van der Waals surface area contributed by atoms with Gasteiger partial charge in [0.15, 0.2) is 0 Å². The summed E-state index contributed by atoms with van der Waals surface area (Å²) < 4.78 is 11.2. The number of nitrogens with zero attached hydrogens (tertiary/aromatic N) is 1. The van der Waals surface area contributed by atoms with Gasteiger partial charge in [-0.2, -0.15) is 0 Å². The molecule has 0 aromatic heterocycles. The molecule has 1 aromatic carbocycles. The SMILES string of the molecule is CCCOCCOc1cccc2c1CN(C1CCC(=O)NC1=O)C2=O. The van der Waals surface area contributed by atoms with Crippen molar-refractivity contribution in [1.29, 1.82) is 0 Å². The van der Waals surface area contributed by atoms with Gasteiger partial charge in [-0.3, -0.25) is 19.7 Å². The van der Waals surface area contributed by atoms with E-state index in [2.05, 4.69) is 5.32 Å². The first-order valence-electron chi connectivity index (χ1n) is 8.59. The van der Waals surface area contributed by atoms with E-state index < -0.39 is 11.9 Å². The number of piperidine rings is 1. The molecule has 1 aromatic rings. The van der Waals surface area contributed by atoms with Gasteiger partial charge in [-0.15, -0.1) is 0 Å². The van der Waals surface area contributed by atoms with Crippen LogP contribution in [0.25, 0.3) is 0 Å². The van der Waals surface area contributed by atoms with Gasteiger partial charge >= 0.3 is 0 Å². The summed E-state index contributed by atoms with van der Waals surface area (Å²) in [6, 6.07) is 4.72. The molecule has 1 saturated heterocycles. The van der Waals surface area contributed by atoms with Crippen LogP contribution >= 0.6 is 0 Å². The molecular formula is C18H22N2O5. The van der Waals surface area contributed by atoms with Gasteiger partial charge in [0.1, 0.15) is 18.4 Å². The molecule has 25 heavy (non-hydrogen) atoms. The van der Waals surface area contributed by atoms with Crippen LogP contribution < -0.4 is 10.1 Å². The lowest BCUT2D eigenvalue weighted by atomic mass is 10.0. The van der Waals surface area contributed by atoms with E-state index in [9.17, 15) is 14.4 Å². The second-order valence-corrected chi connectivity index (χ2v) is 6.14. The molecule has 0 bridgehead atoms. The molecule has 134 valence electrons. The molecule has 1 fully saturated rings. The highest BCUT2D eigenvalue weighted by molar-refractivity contribution is 6.05. The zero-order valence-corrected chi connectivity index (χ0v) is 14.2. The van der Waals surface area contributed by atoms with Crippen molar-refractivity contribution < 1.29 is 23.9 Å². The van der Waals surface area contributed by atoms with Crippen LogP contribution in [-0.2, 0) is 20.9 Å². The topological polar surface area (TPSA) is 84.9 Å². The van der Waals surface area contributed by atoms with Crippen molar-refractivity contribution in [3.8, 4) is 5.75 Å². The number of amides is 3. The molecule has 1 unspecified atom stereocenters. The first-order chi connectivity index (χ1) is 12.1. The number of carbonyl (C=O) groups excluding carboxylic acids is 3. The minimum atomic E-state index is -0.613. The molecule has 7 heteroatoms. The van der Waals surface area contributed by atoms with Gasteiger partial charge in [-0.05, 0) is 25.0 Å². The molecule has 7 nitrogen and oxygen atoms in total. The second-order valence-electron chi connectivity index (χ2n) is 6.14. The number of carbonyl (C=O) groups is 3. The van der Waals surface area contributed by atoms with Crippen LogP contribution in [-0.4, -0.2) is 48.5 Å². The van der Waals surface area contributed by atoms with Crippen molar-refractivity contribution in [1.82, 2.24) is 10.2 Å². The van der Waals surface area contributed by atoms with E-state index in [1.54, 1.807) is 12.1 Å². The van der Waals surface area contributed by atoms with Gasteiger partial charge in [0, 0.05) is 24.2 Å². The van der Waals surface area contributed by atoms with E-state index in [4.69, 9.17) is 9.47 Å². The fraction of sp³-hybridized carbons (Fsp3) is 0.500. The Morgan fingerprint density at radius 1 is 1.20 bits per heavy atom. The lowest BCUT2D eigenvalue weighted by Crippen LogP contribution is -2.52. The monoisotopic (exact) mass is 346 g/mol. The largest absolute Gasteiger partial charge is 0.491 e. The number of benzene rings is 1. The van der Waals surface area contributed by atoms with Crippen LogP contribution in [0.4, 0.5) is 0 Å². The molecule has 0 aliphatic carbocycles. The minimum absolute atomic E-state index is 0.197. The average molecular weight is 346 g/mol. The number of rotatable bonds is 7. The Morgan fingerprint density at radius 3 is 2.80 bits per heavy atom. The van der Waals surface area contributed by atoms with Gasteiger partial charge in [-0.1, -0.05) is 13.0 Å². The lowest BCUT2D eigenvalue weighted by Gasteiger charge is -2.29. The number of hydrogen-bond acceptors (Lipinski definition) is 5. The number of fused-ring (bicyclic) bond motifs is 1. The summed E-state index contributed by atoms with van der Waals surface area (Å²) in [7, 11) is 0. The Balaban J connectivity index is 1.69. The molecule has 2 aliphatic rings. The second kappa shape index (κ2) is 7.65. The zero-order chi connectivity index (χ0) is 17.8. The Labute approximate surface area is 146 Å². The van der Waals surface area contributed by atoms with E-state index >= 15 is 0 Å². The van der Waals surface area contributed by atoms with E-state index in [1.165, 1.54) is 4.90 Å². The average Bonchev–Trinajstić information content (AvgIpc) is 2.92. The zero-order valence-electron chi connectivity index (χ0n) is 14.2. The molecule has 3 rings (SSSR count). The summed E-state index contributed by atoms with van der Waals surface area (Å²) in [4.78, 5) is 37.6. The summed E-state index contributed by atoms with van der Waals surface area (Å²) in [5.41, 5.74) is 1.34. The Bertz CT molecular complexity index is 688. The first-order valence-corrected chi connectivity index (χ1v) is 8.59. The summed E-state index contributed by atoms with van der Waals surface area (Å²) in [5, 5.41) is 2.30. The third-order valence-electron chi connectivity index (χ3n) is 4.37. The molecular weight excluding hydrogens is 324 g/mol. The molecule has 0 spiro atoms. The van der Waals surface area contributed by atoms with Crippen LogP contribution in [0.3, 0.4) is 0 Å². The van der Waals surface area contributed by atoms with E-state index in [0.29, 0.717) is 44.1 Å². The van der Waals surface area contributed by atoms with Gasteiger partial charge < -0.3 is 14.4 Å². The Morgan fingerprint density at radius 2 is 2.04 bits per heavy atom. The number of hydrogen-bond donors (Lipinski definition) is 1. The Hall–Kier alpha value is -2.41. The molecule has 3 amide bonds. The van der Waals surface area contributed by atoms with E-state index in [1.807, 2.05) is 13.0 Å². The van der Waals surface area contributed by atoms with E-state index in [0.717, 1.165) is 12.0 Å². The third kappa shape index (κ3) is 3.66. The highest BCUT2D eigenvalue weighted by Crippen LogP contribution is 2.33. The van der Waals surface area contributed by atoms with Gasteiger partial charge in [0.25, 0.3) is 5.91 Å². The number of ether oxygens (including phenoxy) is 2. The Kier molecular flexibility index (Phi) is 5.33. The van der Waals surface area contributed by atoms with Crippen molar-refractivity contribution in [3.63, 3.8) is 0 Å². The lowest BCUT2D eigenvalue weighted by molar-refractivity contribution is -0.136. The van der Waals surface area contributed by atoms with Gasteiger partial charge in [0.2, 0.25) is 11.8 Å². The maximum absolute atomic E-state index is 12.7. The standard InChI is InChI=1S/C18H22N2O5/c1-2-8-24-9-10-25-15-5-3-4-12-13(15)11-20(18(12)23)14-6-7-16(21)19-17(14)22/h3-5,14H,2,6-11H2,1H3,(H,19,21,22). The number of nitrogens with one attached hydrogen (secondary N) is 1.